The summed E-state index contributed by atoms with van der Waals surface area (Å²) < 4.78 is 11.2. The second-order valence-electron chi connectivity index (χ2n) is 4.81. The van der Waals surface area contributed by atoms with Gasteiger partial charge in [0.25, 0.3) is 0 Å². The van der Waals surface area contributed by atoms with E-state index in [0.717, 1.165) is 36.0 Å². The van der Waals surface area contributed by atoms with E-state index in [0.29, 0.717) is 24.3 Å². The van der Waals surface area contributed by atoms with E-state index in [4.69, 9.17) is 21.1 Å². The van der Waals surface area contributed by atoms with Crippen molar-refractivity contribution in [1.29, 1.82) is 0 Å². The molecule has 1 saturated heterocycles. The SMILES string of the molecule is ClCc1cnc(OCC2CCOC2)c2ccccc12. The number of pyridine rings is 1. The van der Waals surface area contributed by atoms with Gasteiger partial charge in [0, 0.05) is 30.0 Å². The van der Waals surface area contributed by atoms with E-state index < -0.39 is 0 Å². The zero-order valence-corrected chi connectivity index (χ0v) is 11.4. The molecule has 0 bridgehead atoms. The number of nitrogens with zero attached hydrogens (tertiary/aromatic N) is 1. The van der Waals surface area contributed by atoms with Crippen molar-refractivity contribution in [2.75, 3.05) is 19.8 Å². The Kier molecular flexibility index (Phi) is 3.85. The predicted molar refractivity (Wildman–Crippen MR) is 75.7 cm³/mol. The van der Waals surface area contributed by atoms with Crippen LogP contribution in [0.4, 0.5) is 0 Å². The number of ether oxygens (including phenoxy) is 2. The summed E-state index contributed by atoms with van der Waals surface area (Å²) in [6.07, 6.45) is 2.87. The lowest BCUT2D eigenvalue weighted by molar-refractivity contribution is 0.166. The zero-order valence-electron chi connectivity index (χ0n) is 10.6. The lowest BCUT2D eigenvalue weighted by Gasteiger charge is -2.12. The third-order valence-electron chi connectivity index (χ3n) is 3.46. The first-order chi connectivity index (χ1) is 9.38. The van der Waals surface area contributed by atoms with Gasteiger partial charge in [0.1, 0.15) is 0 Å². The van der Waals surface area contributed by atoms with Crippen molar-refractivity contribution in [2.24, 2.45) is 5.92 Å². The van der Waals surface area contributed by atoms with E-state index in [1.807, 2.05) is 18.2 Å². The van der Waals surface area contributed by atoms with Crippen molar-refractivity contribution >= 4 is 22.4 Å². The van der Waals surface area contributed by atoms with Crippen LogP contribution in [0.2, 0.25) is 0 Å². The molecule has 100 valence electrons. The Hall–Kier alpha value is -1.32. The average molecular weight is 278 g/mol. The number of aromatic nitrogens is 1. The summed E-state index contributed by atoms with van der Waals surface area (Å²) >= 11 is 5.94. The Balaban J connectivity index is 1.86. The van der Waals surface area contributed by atoms with Crippen LogP contribution in [0, 0.1) is 5.92 Å². The molecule has 1 fully saturated rings. The average Bonchev–Trinajstić information content (AvgIpc) is 2.98. The van der Waals surface area contributed by atoms with Crippen LogP contribution in [0.25, 0.3) is 10.8 Å². The Bertz CT molecular complexity index is 567. The lowest BCUT2D eigenvalue weighted by Crippen LogP contribution is -2.12. The van der Waals surface area contributed by atoms with Gasteiger partial charge in [-0.3, -0.25) is 0 Å². The first-order valence-corrected chi connectivity index (χ1v) is 7.05. The molecule has 1 unspecified atom stereocenters. The molecule has 1 aromatic heterocycles. The van der Waals surface area contributed by atoms with Crippen LogP contribution in [0.15, 0.2) is 30.5 Å². The molecule has 0 amide bonds. The molecule has 2 aromatic rings. The second-order valence-corrected chi connectivity index (χ2v) is 5.08. The van der Waals surface area contributed by atoms with Gasteiger partial charge in [-0.15, -0.1) is 11.6 Å². The fourth-order valence-corrected chi connectivity index (χ4v) is 2.57. The molecule has 0 radical (unpaired) electrons. The standard InChI is InChI=1S/C15H16ClNO2/c16-7-12-8-17-15(14-4-2-1-3-13(12)14)19-10-11-5-6-18-9-11/h1-4,8,11H,5-7,9-10H2. The molecule has 1 aliphatic heterocycles. The summed E-state index contributed by atoms with van der Waals surface area (Å²) in [6, 6.07) is 8.08. The third kappa shape index (κ3) is 2.67. The number of alkyl halides is 1. The monoisotopic (exact) mass is 277 g/mol. The van der Waals surface area contributed by atoms with Gasteiger partial charge >= 0.3 is 0 Å². The fraction of sp³-hybridized carbons (Fsp3) is 0.400. The molecule has 1 aliphatic rings. The number of hydrogen-bond donors (Lipinski definition) is 0. The molecule has 0 N–H and O–H groups in total. The van der Waals surface area contributed by atoms with E-state index in [-0.39, 0.29) is 0 Å². The van der Waals surface area contributed by atoms with Gasteiger partial charge in [0.15, 0.2) is 0 Å². The molecule has 19 heavy (non-hydrogen) atoms. The van der Waals surface area contributed by atoms with Crippen LogP contribution in [0.3, 0.4) is 0 Å². The number of fused-ring (bicyclic) bond motifs is 1. The van der Waals surface area contributed by atoms with Crippen molar-refractivity contribution in [3.05, 3.63) is 36.0 Å². The van der Waals surface area contributed by atoms with Crippen LogP contribution < -0.4 is 4.74 Å². The Morgan fingerprint density at radius 2 is 2.16 bits per heavy atom. The van der Waals surface area contributed by atoms with Gasteiger partial charge in [-0.2, -0.15) is 0 Å². The highest BCUT2D eigenvalue weighted by Gasteiger charge is 2.17. The summed E-state index contributed by atoms with van der Waals surface area (Å²) in [7, 11) is 0. The Morgan fingerprint density at radius 1 is 1.32 bits per heavy atom. The maximum atomic E-state index is 5.94. The minimum Gasteiger partial charge on any atom is -0.477 e. The summed E-state index contributed by atoms with van der Waals surface area (Å²) in [5.41, 5.74) is 1.04. The molecule has 3 nitrogen and oxygen atoms in total. The molecule has 2 heterocycles. The van der Waals surface area contributed by atoms with Crippen molar-refractivity contribution < 1.29 is 9.47 Å². The highest BCUT2D eigenvalue weighted by atomic mass is 35.5. The number of halogens is 1. The van der Waals surface area contributed by atoms with Crippen LogP contribution in [0.5, 0.6) is 5.88 Å². The maximum absolute atomic E-state index is 5.94. The second kappa shape index (κ2) is 5.76. The van der Waals surface area contributed by atoms with Gasteiger partial charge < -0.3 is 9.47 Å². The molecule has 1 aromatic carbocycles. The topological polar surface area (TPSA) is 31.4 Å². The zero-order chi connectivity index (χ0) is 13.1. The summed E-state index contributed by atoms with van der Waals surface area (Å²) in [5, 5.41) is 2.14. The van der Waals surface area contributed by atoms with Gasteiger partial charge in [-0.25, -0.2) is 4.98 Å². The first kappa shape index (κ1) is 12.7. The van der Waals surface area contributed by atoms with Crippen molar-refractivity contribution in [2.45, 2.75) is 12.3 Å². The van der Waals surface area contributed by atoms with Gasteiger partial charge in [-0.1, -0.05) is 18.2 Å². The fourth-order valence-electron chi connectivity index (χ4n) is 2.36. The van der Waals surface area contributed by atoms with E-state index in [1.54, 1.807) is 6.20 Å². The molecule has 3 rings (SSSR count). The van der Waals surface area contributed by atoms with Crippen LogP contribution in [-0.4, -0.2) is 24.8 Å². The van der Waals surface area contributed by atoms with E-state index in [2.05, 4.69) is 11.1 Å². The summed E-state index contributed by atoms with van der Waals surface area (Å²) in [4.78, 5) is 4.39. The molecular weight excluding hydrogens is 262 g/mol. The quantitative estimate of drug-likeness (QED) is 0.803. The molecule has 0 saturated carbocycles. The Morgan fingerprint density at radius 3 is 2.89 bits per heavy atom. The predicted octanol–water partition coefficient (Wildman–Crippen LogP) is 3.39. The molecule has 0 aliphatic carbocycles. The van der Waals surface area contributed by atoms with E-state index in [1.165, 1.54) is 0 Å². The number of benzene rings is 1. The summed E-state index contributed by atoms with van der Waals surface area (Å²) in [5.74, 6) is 1.63. The van der Waals surface area contributed by atoms with Gasteiger partial charge in [0.05, 0.1) is 13.2 Å². The minimum atomic E-state index is 0.463. The lowest BCUT2D eigenvalue weighted by atomic mass is 10.1. The smallest absolute Gasteiger partial charge is 0.221 e. The van der Waals surface area contributed by atoms with E-state index >= 15 is 0 Å². The van der Waals surface area contributed by atoms with Gasteiger partial charge in [-0.05, 0) is 23.4 Å². The van der Waals surface area contributed by atoms with Gasteiger partial charge in [0.2, 0.25) is 5.88 Å². The van der Waals surface area contributed by atoms with Crippen LogP contribution in [0.1, 0.15) is 12.0 Å². The number of hydrogen-bond acceptors (Lipinski definition) is 3. The molecule has 1 atom stereocenters. The summed E-state index contributed by atoms with van der Waals surface area (Å²) in [6.45, 7) is 2.29. The maximum Gasteiger partial charge on any atom is 0.221 e. The number of rotatable bonds is 4. The minimum absolute atomic E-state index is 0.463. The highest BCUT2D eigenvalue weighted by molar-refractivity contribution is 6.18. The highest BCUT2D eigenvalue weighted by Crippen LogP contribution is 2.27. The first-order valence-electron chi connectivity index (χ1n) is 6.51. The largest absolute Gasteiger partial charge is 0.477 e. The third-order valence-corrected chi connectivity index (χ3v) is 3.75. The van der Waals surface area contributed by atoms with E-state index in [9.17, 15) is 0 Å². The molecule has 4 heteroatoms. The van der Waals surface area contributed by atoms with Crippen LogP contribution in [-0.2, 0) is 10.6 Å². The van der Waals surface area contributed by atoms with Crippen molar-refractivity contribution in [3.8, 4) is 5.88 Å². The van der Waals surface area contributed by atoms with Crippen LogP contribution >= 0.6 is 11.6 Å². The van der Waals surface area contributed by atoms with Crippen molar-refractivity contribution in [1.82, 2.24) is 4.98 Å². The van der Waals surface area contributed by atoms with Crippen molar-refractivity contribution in [3.63, 3.8) is 0 Å². The normalized spacial score (nSPS) is 18.9. The Labute approximate surface area is 117 Å². The molecule has 0 spiro atoms. The molecular formula is C15H16ClNO2.